The Hall–Kier alpha value is -3.78. The summed E-state index contributed by atoms with van der Waals surface area (Å²) in [5.41, 5.74) is 1.93. The second-order valence-electron chi connectivity index (χ2n) is 8.23. The molecule has 170 valence electrons. The Morgan fingerprint density at radius 3 is 2.27 bits per heavy atom. The number of fused-ring (bicyclic) bond motifs is 1. The predicted molar refractivity (Wildman–Crippen MR) is 123 cm³/mol. The zero-order valence-corrected chi connectivity index (χ0v) is 19.0. The molecule has 1 N–H and O–H groups in total. The van der Waals surface area contributed by atoms with Crippen molar-refractivity contribution >= 4 is 17.6 Å². The summed E-state index contributed by atoms with van der Waals surface area (Å²) in [5.74, 6) is -1.35. The fraction of sp³-hybridized carbons (Fsp3) is 0.280. The van der Waals surface area contributed by atoms with Gasteiger partial charge in [-0.3, -0.25) is 9.69 Å². The number of benzene rings is 2. The van der Waals surface area contributed by atoms with Crippen molar-refractivity contribution in [2.45, 2.75) is 25.5 Å². The van der Waals surface area contributed by atoms with Crippen LogP contribution < -0.4 is 9.64 Å². The normalized spacial score (nSPS) is 19.5. The first-order valence-corrected chi connectivity index (χ1v) is 10.6. The van der Waals surface area contributed by atoms with Gasteiger partial charge in [-0.25, -0.2) is 14.8 Å². The fourth-order valence-corrected chi connectivity index (χ4v) is 4.59. The van der Waals surface area contributed by atoms with Crippen LogP contribution in [0.3, 0.4) is 0 Å². The highest BCUT2D eigenvalue weighted by Gasteiger charge is 2.54. The Balaban J connectivity index is 2.04. The Bertz CT molecular complexity index is 1180. The Morgan fingerprint density at radius 2 is 1.64 bits per heavy atom. The topological polar surface area (TPSA) is 95.9 Å². The van der Waals surface area contributed by atoms with Crippen molar-refractivity contribution in [1.29, 1.82) is 0 Å². The number of carboxylic acids is 1. The third-order valence-electron chi connectivity index (χ3n) is 6.03. The number of rotatable bonds is 5. The number of anilines is 1. The van der Waals surface area contributed by atoms with Crippen molar-refractivity contribution in [2.75, 3.05) is 25.5 Å². The molecular formula is C25H26N4O4. The van der Waals surface area contributed by atoms with Crippen LogP contribution in [0.1, 0.15) is 22.5 Å². The molecule has 0 radical (unpaired) electrons. The van der Waals surface area contributed by atoms with Crippen LogP contribution >= 0.6 is 0 Å². The lowest BCUT2D eigenvalue weighted by atomic mass is 9.76. The van der Waals surface area contributed by atoms with E-state index >= 15 is 0 Å². The summed E-state index contributed by atoms with van der Waals surface area (Å²) in [5, 5.41) is 10.5. The average molecular weight is 447 g/mol. The van der Waals surface area contributed by atoms with Crippen molar-refractivity contribution in [1.82, 2.24) is 14.9 Å². The highest BCUT2D eigenvalue weighted by Crippen LogP contribution is 2.45. The molecule has 2 heterocycles. The average Bonchev–Trinajstić information content (AvgIpc) is 2.86. The van der Waals surface area contributed by atoms with Crippen molar-refractivity contribution in [2.24, 2.45) is 0 Å². The SMILES string of the molecule is Cc1cc(C)nc(O[C@H](C(=O)O)C2(c3ccccc3)c3ccccc3N(C)C(=O)CN2C)n1. The van der Waals surface area contributed by atoms with E-state index < -0.39 is 17.6 Å². The molecule has 8 nitrogen and oxygen atoms in total. The third kappa shape index (κ3) is 3.82. The number of nitrogens with zero attached hydrogens (tertiary/aromatic N) is 4. The number of likely N-dealkylation sites (N-methyl/N-ethyl adjacent to an activating group) is 2. The standard InChI is InChI=1S/C25H26N4O4/c1-16-14-17(2)27-24(26-16)33-22(23(31)32)25(18-10-6-5-7-11-18)19-12-8-9-13-20(19)29(4)21(30)15-28(25)3/h5-14,22H,15H2,1-4H3,(H,31,32)/t22-,25?/m1/s1. The summed E-state index contributed by atoms with van der Waals surface area (Å²) in [6.07, 6.45) is -1.45. The number of carbonyl (C=O) groups is 2. The van der Waals surface area contributed by atoms with Gasteiger partial charge in [-0.2, -0.15) is 0 Å². The molecule has 1 aliphatic rings. The minimum atomic E-state index is -1.45. The van der Waals surface area contributed by atoms with Crippen LogP contribution in [0.5, 0.6) is 6.01 Å². The second-order valence-corrected chi connectivity index (χ2v) is 8.23. The highest BCUT2D eigenvalue weighted by atomic mass is 16.5. The number of hydrogen-bond acceptors (Lipinski definition) is 6. The van der Waals surface area contributed by atoms with Crippen LogP contribution in [0, 0.1) is 13.8 Å². The molecule has 1 amide bonds. The zero-order valence-electron chi connectivity index (χ0n) is 19.0. The van der Waals surface area contributed by atoms with E-state index in [0.717, 1.165) is 0 Å². The van der Waals surface area contributed by atoms with Crippen LogP contribution in [0.2, 0.25) is 0 Å². The second kappa shape index (κ2) is 8.63. The maximum absolute atomic E-state index is 13.0. The summed E-state index contributed by atoms with van der Waals surface area (Å²) in [7, 11) is 3.43. The molecule has 1 unspecified atom stereocenters. The number of carboxylic acid groups (broad SMARTS) is 1. The lowest BCUT2D eigenvalue weighted by molar-refractivity contribution is -0.153. The van der Waals surface area contributed by atoms with Gasteiger partial charge < -0.3 is 14.7 Å². The number of para-hydroxylation sites is 1. The molecule has 1 aliphatic heterocycles. The van der Waals surface area contributed by atoms with Gasteiger partial charge in [-0.05, 0) is 38.6 Å². The molecule has 2 atom stereocenters. The molecule has 0 saturated heterocycles. The van der Waals surface area contributed by atoms with Crippen LogP contribution in [0.15, 0.2) is 60.7 Å². The summed E-state index contributed by atoms with van der Waals surface area (Å²) in [4.78, 5) is 37.8. The van der Waals surface area contributed by atoms with E-state index in [1.54, 1.807) is 43.8 Å². The quantitative estimate of drug-likeness (QED) is 0.644. The van der Waals surface area contributed by atoms with Gasteiger partial charge in [-0.1, -0.05) is 48.5 Å². The van der Waals surface area contributed by atoms with E-state index in [1.165, 1.54) is 0 Å². The first-order valence-electron chi connectivity index (χ1n) is 10.6. The van der Waals surface area contributed by atoms with E-state index in [4.69, 9.17) is 4.74 Å². The zero-order chi connectivity index (χ0) is 23.8. The van der Waals surface area contributed by atoms with Gasteiger partial charge in [0.15, 0.2) is 0 Å². The van der Waals surface area contributed by atoms with E-state index in [1.807, 2.05) is 54.6 Å². The van der Waals surface area contributed by atoms with Crippen molar-refractivity contribution in [3.63, 3.8) is 0 Å². The molecule has 0 saturated carbocycles. The van der Waals surface area contributed by atoms with Gasteiger partial charge in [0.05, 0.1) is 6.54 Å². The minimum absolute atomic E-state index is 0.0130. The van der Waals surface area contributed by atoms with Gasteiger partial charge in [0.1, 0.15) is 5.54 Å². The van der Waals surface area contributed by atoms with Crippen LogP contribution in [-0.4, -0.2) is 58.6 Å². The number of aromatic nitrogens is 2. The molecule has 2 aromatic carbocycles. The molecule has 4 rings (SSSR count). The number of carbonyl (C=O) groups excluding carboxylic acids is 1. The molecule has 0 fully saturated rings. The number of hydrogen-bond donors (Lipinski definition) is 1. The lowest BCUT2D eigenvalue weighted by Crippen LogP contribution is -2.59. The van der Waals surface area contributed by atoms with Gasteiger partial charge in [-0.15, -0.1) is 0 Å². The molecule has 33 heavy (non-hydrogen) atoms. The number of aryl methyl sites for hydroxylation is 2. The number of amides is 1. The minimum Gasteiger partial charge on any atom is -0.478 e. The molecule has 0 spiro atoms. The fourth-order valence-electron chi connectivity index (χ4n) is 4.59. The van der Waals surface area contributed by atoms with E-state index in [-0.39, 0.29) is 18.5 Å². The molecule has 3 aromatic rings. The van der Waals surface area contributed by atoms with Gasteiger partial charge in [0.2, 0.25) is 12.0 Å². The van der Waals surface area contributed by atoms with Crippen molar-refractivity contribution < 1.29 is 19.4 Å². The molecule has 0 aliphatic carbocycles. The summed E-state index contributed by atoms with van der Waals surface area (Å²) in [6, 6.07) is 18.3. The molecule has 1 aromatic heterocycles. The maximum atomic E-state index is 13.0. The van der Waals surface area contributed by atoms with E-state index in [9.17, 15) is 14.7 Å². The molecular weight excluding hydrogens is 420 g/mol. The highest BCUT2D eigenvalue weighted by molar-refractivity contribution is 5.97. The van der Waals surface area contributed by atoms with Crippen LogP contribution in [-0.2, 0) is 15.1 Å². The van der Waals surface area contributed by atoms with Gasteiger partial charge in [0, 0.05) is 29.7 Å². The van der Waals surface area contributed by atoms with Gasteiger partial charge in [0.25, 0.3) is 0 Å². The Morgan fingerprint density at radius 1 is 1.03 bits per heavy atom. The smallest absolute Gasteiger partial charge is 0.347 e. The Kier molecular flexibility index (Phi) is 5.86. The number of ether oxygens (including phenoxy) is 1. The number of aliphatic carboxylic acids is 1. The van der Waals surface area contributed by atoms with E-state index in [0.29, 0.717) is 28.2 Å². The van der Waals surface area contributed by atoms with Crippen LogP contribution in [0.25, 0.3) is 0 Å². The lowest BCUT2D eigenvalue weighted by Gasteiger charge is -2.44. The summed E-state index contributed by atoms with van der Waals surface area (Å²) >= 11 is 0. The van der Waals surface area contributed by atoms with Crippen molar-refractivity contribution in [3.05, 3.63) is 83.2 Å². The van der Waals surface area contributed by atoms with Gasteiger partial charge >= 0.3 is 12.0 Å². The summed E-state index contributed by atoms with van der Waals surface area (Å²) < 4.78 is 6.09. The van der Waals surface area contributed by atoms with E-state index in [2.05, 4.69) is 9.97 Å². The molecule has 0 bridgehead atoms. The van der Waals surface area contributed by atoms with Crippen molar-refractivity contribution in [3.8, 4) is 6.01 Å². The Labute approximate surface area is 192 Å². The largest absolute Gasteiger partial charge is 0.478 e. The predicted octanol–water partition coefficient (Wildman–Crippen LogP) is 2.78. The first-order chi connectivity index (χ1) is 15.7. The molecule has 8 heteroatoms. The van der Waals surface area contributed by atoms with Crippen LogP contribution in [0.4, 0.5) is 5.69 Å². The maximum Gasteiger partial charge on any atom is 0.347 e. The first kappa shape index (κ1) is 22.4. The third-order valence-corrected chi connectivity index (χ3v) is 6.03. The monoisotopic (exact) mass is 446 g/mol. The summed E-state index contributed by atoms with van der Waals surface area (Å²) in [6.45, 7) is 3.58.